The minimum atomic E-state index is -0.948. The number of para-hydroxylation sites is 1. The molecule has 0 saturated carbocycles. The lowest BCUT2D eigenvalue weighted by Gasteiger charge is -2.25. The first kappa shape index (κ1) is 16.7. The fraction of sp³-hybridized carbons (Fsp3) is 0.588. The zero-order chi connectivity index (χ0) is 16.3. The zero-order valence-corrected chi connectivity index (χ0v) is 13.4. The molecule has 2 unspecified atom stereocenters. The van der Waals surface area contributed by atoms with Gasteiger partial charge in [0.2, 0.25) is 0 Å². The predicted octanol–water partition coefficient (Wildman–Crippen LogP) is 2.43. The van der Waals surface area contributed by atoms with Crippen LogP contribution in [0.3, 0.4) is 0 Å². The van der Waals surface area contributed by atoms with Crippen LogP contribution in [0.4, 0.5) is 4.39 Å². The summed E-state index contributed by atoms with van der Waals surface area (Å²) >= 11 is 0. The van der Waals surface area contributed by atoms with Crippen LogP contribution in [0.5, 0.6) is 5.75 Å². The molecule has 2 rings (SSSR count). The van der Waals surface area contributed by atoms with Crippen LogP contribution in [0.25, 0.3) is 0 Å². The highest BCUT2D eigenvalue weighted by atomic mass is 19.1. The maximum atomic E-state index is 13.6. The molecule has 1 aliphatic heterocycles. The van der Waals surface area contributed by atoms with Crippen LogP contribution in [0, 0.1) is 11.7 Å². The first-order valence-corrected chi connectivity index (χ1v) is 7.72. The number of fused-ring (bicyclic) bond motifs is 1. The molecule has 0 spiro atoms. The molecule has 0 bridgehead atoms. The topological polar surface area (TPSA) is 58.6 Å². The number of benzene rings is 1. The molecule has 5 heteroatoms. The molecular weight excluding hydrogens is 285 g/mol. The highest BCUT2D eigenvalue weighted by Gasteiger charge is 2.32. The number of rotatable bonds is 6. The maximum Gasteiger partial charge on any atom is 0.261 e. The van der Waals surface area contributed by atoms with Crippen LogP contribution in [0.1, 0.15) is 39.2 Å². The van der Waals surface area contributed by atoms with Gasteiger partial charge in [-0.1, -0.05) is 26.0 Å². The molecule has 1 aromatic carbocycles. The van der Waals surface area contributed by atoms with Crippen molar-refractivity contribution in [3.05, 3.63) is 29.6 Å². The van der Waals surface area contributed by atoms with Crippen molar-refractivity contribution in [2.24, 2.45) is 5.92 Å². The van der Waals surface area contributed by atoms with Crippen molar-refractivity contribution in [1.82, 2.24) is 5.32 Å². The smallest absolute Gasteiger partial charge is 0.261 e. The molecule has 2 atom stereocenters. The Hall–Kier alpha value is -1.62. The second-order valence-corrected chi connectivity index (χ2v) is 6.69. The summed E-state index contributed by atoms with van der Waals surface area (Å²) in [7, 11) is 0. The third kappa shape index (κ3) is 4.19. The Kier molecular flexibility index (Phi) is 5.06. The lowest BCUT2D eigenvalue weighted by Crippen LogP contribution is -2.45. The zero-order valence-electron chi connectivity index (χ0n) is 13.4. The third-order valence-electron chi connectivity index (χ3n) is 3.91. The Labute approximate surface area is 130 Å². The summed E-state index contributed by atoms with van der Waals surface area (Å²) in [6.07, 6.45) is 1.13. The molecule has 4 nitrogen and oxygen atoms in total. The van der Waals surface area contributed by atoms with E-state index in [0.717, 1.165) is 6.42 Å². The number of aliphatic hydroxyl groups is 1. The van der Waals surface area contributed by atoms with Crippen LogP contribution in [-0.2, 0) is 11.2 Å². The van der Waals surface area contributed by atoms with E-state index >= 15 is 0 Å². The van der Waals surface area contributed by atoms with Gasteiger partial charge in [0.15, 0.2) is 17.7 Å². The molecule has 0 aromatic heterocycles. The Morgan fingerprint density at radius 2 is 2.27 bits per heavy atom. The van der Waals surface area contributed by atoms with E-state index in [1.165, 1.54) is 6.07 Å². The highest BCUT2D eigenvalue weighted by Crippen LogP contribution is 2.31. The molecule has 22 heavy (non-hydrogen) atoms. The van der Waals surface area contributed by atoms with Crippen molar-refractivity contribution in [3.8, 4) is 5.75 Å². The number of nitrogens with one attached hydrogen (secondary N) is 1. The Morgan fingerprint density at radius 1 is 1.55 bits per heavy atom. The molecule has 1 heterocycles. The van der Waals surface area contributed by atoms with E-state index in [2.05, 4.69) is 19.2 Å². The molecule has 1 aromatic rings. The van der Waals surface area contributed by atoms with Gasteiger partial charge in [0, 0.05) is 18.5 Å². The number of halogens is 1. The second kappa shape index (κ2) is 6.65. The van der Waals surface area contributed by atoms with E-state index in [1.807, 2.05) is 0 Å². The molecule has 0 fully saturated rings. The number of carbonyl (C=O) groups excluding carboxylic acids is 1. The van der Waals surface area contributed by atoms with Gasteiger partial charge in [-0.25, -0.2) is 4.39 Å². The maximum absolute atomic E-state index is 13.6. The molecule has 1 amide bonds. The molecule has 0 radical (unpaired) electrons. The first-order valence-electron chi connectivity index (χ1n) is 7.72. The Morgan fingerprint density at radius 3 is 2.91 bits per heavy atom. The normalized spacial score (nSPS) is 19.5. The predicted molar refractivity (Wildman–Crippen MR) is 82.2 cm³/mol. The van der Waals surface area contributed by atoms with E-state index in [9.17, 15) is 14.3 Å². The van der Waals surface area contributed by atoms with Gasteiger partial charge in [-0.2, -0.15) is 0 Å². The van der Waals surface area contributed by atoms with E-state index in [-0.39, 0.29) is 18.2 Å². The van der Waals surface area contributed by atoms with Gasteiger partial charge >= 0.3 is 0 Å². The van der Waals surface area contributed by atoms with Crippen LogP contribution < -0.4 is 10.1 Å². The lowest BCUT2D eigenvalue weighted by atomic mass is 9.95. The summed E-state index contributed by atoms with van der Waals surface area (Å²) in [5, 5.41) is 13.0. The standard InChI is InChI=1S/C17H24FNO3/c1-11(2)7-8-17(3,21)10-19-16(20)14-9-12-5-4-6-13(18)15(12)22-14/h4-6,11,14,21H,7-10H2,1-3H3,(H,19,20). The molecule has 0 aliphatic carbocycles. The minimum Gasteiger partial charge on any atom is -0.477 e. The van der Waals surface area contributed by atoms with Crippen molar-refractivity contribution in [2.45, 2.75) is 51.7 Å². The highest BCUT2D eigenvalue weighted by molar-refractivity contribution is 5.82. The van der Waals surface area contributed by atoms with E-state index < -0.39 is 17.5 Å². The molecule has 1 aliphatic rings. The van der Waals surface area contributed by atoms with Gasteiger partial charge in [-0.3, -0.25) is 4.79 Å². The van der Waals surface area contributed by atoms with E-state index in [1.54, 1.807) is 19.1 Å². The van der Waals surface area contributed by atoms with Crippen molar-refractivity contribution in [1.29, 1.82) is 0 Å². The van der Waals surface area contributed by atoms with Crippen molar-refractivity contribution < 1.29 is 19.0 Å². The van der Waals surface area contributed by atoms with Gasteiger partial charge in [0.1, 0.15) is 0 Å². The summed E-state index contributed by atoms with van der Waals surface area (Å²) < 4.78 is 19.0. The van der Waals surface area contributed by atoms with Gasteiger partial charge in [0.25, 0.3) is 5.91 Å². The second-order valence-electron chi connectivity index (χ2n) is 6.69. The molecule has 122 valence electrons. The SMILES string of the molecule is CC(C)CCC(C)(O)CNC(=O)C1Cc2cccc(F)c2O1. The largest absolute Gasteiger partial charge is 0.477 e. The summed E-state index contributed by atoms with van der Waals surface area (Å²) in [6, 6.07) is 4.68. The van der Waals surface area contributed by atoms with E-state index in [0.29, 0.717) is 24.3 Å². The van der Waals surface area contributed by atoms with Crippen LogP contribution in [-0.4, -0.2) is 29.3 Å². The molecule has 0 saturated heterocycles. The molecule has 2 N–H and O–H groups in total. The molecular formula is C17H24FNO3. The summed E-state index contributed by atoms with van der Waals surface area (Å²) in [5.41, 5.74) is -0.247. The average molecular weight is 309 g/mol. The fourth-order valence-electron chi connectivity index (χ4n) is 2.46. The quantitative estimate of drug-likeness (QED) is 0.848. The summed E-state index contributed by atoms with van der Waals surface area (Å²) in [5.74, 6) is -0.107. The Balaban J connectivity index is 1.86. The number of hydrogen-bond acceptors (Lipinski definition) is 3. The van der Waals surface area contributed by atoms with Crippen molar-refractivity contribution in [2.75, 3.05) is 6.54 Å². The van der Waals surface area contributed by atoms with Gasteiger partial charge in [-0.05, 0) is 31.7 Å². The Bertz CT molecular complexity index is 543. The average Bonchev–Trinajstić information content (AvgIpc) is 2.88. The van der Waals surface area contributed by atoms with Crippen LogP contribution in [0.15, 0.2) is 18.2 Å². The van der Waals surface area contributed by atoms with Gasteiger partial charge in [-0.15, -0.1) is 0 Å². The van der Waals surface area contributed by atoms with Crippen LogP contribution >= 0.6 is 0 Å². The first-order chi connectivity index (χ1) is 10.3. The minimum absolute atomic E-state index is 0.161. The van der Waals surface area contributed by atoms with Crippen molar-refractivity contribution in [3.63, 3.8) is 0 Å². The number of hydrogen-bond donors (Lipinski definition) is 2. The lowest BCUT2D eigenvalue weighted by molar-refractivity contribution is -0.128. The summed E-state index contributed by atoms with van der Waals surface area (Å²) in [6.45, 7) is 6.05. The number of ether oxygens (including phenoxy) is 1. The number of carbonyl (C=O) groups is 1. The summed E-state index contributed by atoms with van der Waals surface area (Å²) in [4.78, 5) is 12.1. The number of amides is 1. The van der Waals surface area contributed by atoms with Gasteiger partial charge < -0.3 is 15.2 Å². The van der Waals surface area contributed by atoms with E-state index in [4.69, 9.17) is 4.74 Å². The monoisotopic (exact) mass is 309 g/mol. The van der Waals surface area contributed by atoms with Gasteiger partial charge in [0.05, 0.1) is 5.60 Å². The fourth-order valence-corrected chi connectivity index (χ4v) is 2.46. The van der Waals surface area contributed by atoms with Crippen LogP contribution in [0.2, 0.25) is 0 Å². The van der Waals surface area contributed by atoms with Crippen molar-refractivity contribution >= 4 is 5.91 Å². The third-order valence-corrected chi connectivity index (χ3v) is 3.91.